The van der Waals surface area contributed by atoms with E-state index in [1.54, 1.807) is 13.8 Å². The summed E-state index contributed by atoms with van der Waals surface area (Å²) in [6.45, 7) is 5.45. The molecule has 134 valence electrons. The van der Waals surface area contributed by atoms with E-state index in [-0.39, 0.29) is 17.2 Å². The molecule has 0 aromatic heterocycles. The minimum absolute atomic E-state index is 0.236. The summed E-state index contributed by atoms with van der Waals surface area (Å²) in [6.07, 6.45) is 0.281. The van der Waals surface area contributed by atoms with Crippen molar-refractivity contribution in [1.29, 1.82) is 0 Å². The van der Waals surface area contributed by atoms with Gasteiger partial charge in [-0.05, 0) is 43.9 Å². The second kappa shape index (κ2) is 7.80. The summed E-state index contributed by atoms with van der Waals surface area (Å²) in [4.78, 5) is 12.4. The van der Waals surface area contributed by atoms with Crippen LogP contribution in [-0.2, 0) is 21.2 Å². The molecule has 2 N–H and O–H groups in total. The summed E-state index contributed by atoms with van der Waals surface area (Å²) in [7, 11) is -2.33. The van der Waals surface area contributed by atoms with Crippen molar-refractivity contribution in [2.75, 3.05) is 7.05 Å². The maximum Gasteiger partial charge on any atom is 0.241 e. The van der Waals surface area contributed by atoms with Crippen LogP contribution in [0.1, 0.15) is 22.3 Å². The Morgan fingerprint density at radius 2 is 1.60 bits per heavy atom. The summed E-state index contributed by atoms with van der Waals surface area (Å²) >= 11 is 0. The SMILES string of the molecule is CNC(=O)[C@H](Cc1ccccc1)NS(=O)(=O)c1c(C)cc(C)cc1C. The van der Waals surface area contributed by atoms with E-state index in [0.717, 1.165) is 11.1 Å². The number of hydrogen-bond acceptors (Lipinski definition) is 3. The minimum Gasteiger partial charge on any atom is -0.358 e. The Bertz CT molecular complexity index is 838. The third kappa shape index (κ3) is 4.67. The van der Waals surface area contributed by atoms with Crippen LogP contribution < -0.4 is 10.0 Å². The summed E-state index contributed by atoms with van der Waals surface area (Å²) in [5.41, 5.74) is 3.22. The highest BCUT2D eigenvalue weighted by Gasteiger charge is 2.27. The average Bonchev–Trinajstić information content (AvgIpc) is 2.52. The van der Waals surface area contributed by atoms with Gasteiger partial charge in [-0.2, -0.15) is 4.72 Å². The topological polar surface area (TPSA) is 75.3 Å². The second-order valence-corrected chi connectivity index (χ2v) is 7.86. The number of carbonyl (C=O) groups is 1. The first kappa shape index (κ1) is 19.1. The van der Waals surface area contributed by atoms with E-state index >= 15 is 0 Å². The molecular weight excluding hydrogens is 336 g/mol. The van der Waals surface area contributed by atoms with Gasteiger partial charge in [0.05, 0.1) is 4.90 Å². The van der Waals surface area contributed by atoms with Gasteiger partial charge in [0.1, 0.15) is 6.04 Å². The minimum atomic E-state index is -3.82. The first-order valence-electron chi connectivity index (χ1n) is 8.10. The number of sulfonamides is 1. The van der Waals surface area contributed by atoms with Crippen LogP contribution in [0.25, 0.3) is 0 Å². The molecule has 0 aliphatic rings. The molecule has 0 saturated carbocycles. The van der Waals surface area contributed by atoms with E-state index < -0.39 is 16.1 Å². The number of rotatable bonds is 6. The van der Waals surface area contributed by atoms with Crippen LogP contribution in [0.5, 0.6) is 0 Å². The zero-order valence-corrected chi connectivity index (χ0v) is 15.8. The van der Waals surface area contributed by atoms with Gasteiger partial charge in [0.2, 0.25) is 15.9 Å². The molecule has 0 saturated heterocycles. The fourth-order valence-corrected chi connectivity index (χ4v) is 4.70. The highest BCUT2D eigenvalue weighted by atomic mass is 32.2. The molecular formula is C19H24N2O3S. The Labute approximate surface area is 149 Å². The Kier molecular flexibility index (Phi) is 5.98. The first-order chi connectivity index (χ1) is 11.7. The van der Waals surface area contributed by atoms with Gasteiger partial charge in [-0.25, -0.2) is 8.42 Å². The predicted molar refractivity (Wildman–Crippen MR) is 99.0 cm³/mol. The van der Waals surface area contributed by atoms with E-state index in [4.69, 9.17) is 0 Å². The monoisotopic (exact) mass is 360 g/mol. The molecule has 25 heavy (non-hydrogen) atoms. The first-order valence-corrected chi connectivity index (χ1v) is 9.58. The van der Waals surface area contributed by atoms with Gasteiger partial charge in [-0.3, -0.25) is 4.79 Å². The zero-order valence-electron chi connectivity index (χ0n) is 15.0. The van der Waals surface area contributed by atoms with Crippen molar-refractivity contribution in [1.82, 2.24) is 10.0 Å². The lowest BCUT2D eigenvalue weighted by Crippen LogP contribution is -2.47. The summed E-state index contributed by atoms with van der Waals surface area (Å²) < 4.78 is 28.4. The lowest BCUT2D eigenvalue weighted by molar-refractivity contribution is -0.122. The second-order valence-electron chi connectivity index (χ2n) is 6.21. The summed E-state index contributed by atoms with van der Waals surface area (Å²) in [5, 5.41) is 2.53. The predicted octanol–water partition coefficient (Wildman–Crippen LogP) is 2.25. The van der Waals surface area contributed by atoms with Gasteiger partial charge in [-0.15, -0.1) is 0 Å². The molecule has 2 aromatic rings. The normalized spacial score (nSPS) is 12.6. The van der Waals surface area contributed by atoms with Crippen molar-refractivity contribution in [3.8, 4) is 0 Å². The molecule has 6 heteroatoms. The number of carbonyl (C=O) groups excluding carboxylic acids is 1. The van der Waals surface area contributed by atoms with E-state index in [2.05, 4.69) is 10.0 Å². The van der Waals surface area contributed by atoms with Crippen LogP contribution in [0, 0.1) is 20.8 Å². The van der Waals surface area contributed by atoms with Crippen LogP contribution in [0.3, 0.4) is 0 Å². The van der Waals surface area contributed by atoms with Crippen molar-refractivity contribution in [3.05, 3.63) is 64.7 Å². The Morgan fingerprint density at radius 1 is 1.04 bits per heavy atom. The largest absolute Gasteiger partial charge is 0.358 e. The van der Waals surface area contributed by atoms with Gasteiger partial charge < -0.3 is 5.32 Å². The molecule has 0 aliphatic heterocycles. The number of benzene rings is 2. The van der Waals surface area contributed by atoms with E-state index in [1.165, 1.54) is 7.05 Å². The summed E-state index contributed by atoms with van der Waals surface area (Å²) in [6, 6.07) is 12.1. The standard InChI is InChI=1S/C19H24N2O3S/c1-13-10-14(2)18(15(3)11-13)25(23,24)21-17(19(22)20-4)12-16-8-6-5-7-9-16/h5-11,17,21H,12H2,1-4H3,(H,20,22)/t17-/m0/s1. The highest BCUT2D eigenvalue weighted by Crippen LogP contribution is 2.22. The van der Waals surface area contributed by atoms with Crippen molar-refractivity contribution < 1.29 is 13.2 Å². The van der Waals surface area contributed by atoms with Crippen molar-refractivity contribution in [2.45, 2.75) is 38.1 Å². The molecule has 0 fully saturated rings. The number of hydrogen-bond donors (Lipinski definition) is 2. The number of aryl methyl sites for hydroxylation is 3. The number of nitrogens with one attached hydrogen (secondary N) is 2. The molecule has 0 heterocycles. The number of likely N-dealkylation sites (N-methyl/N-ethyl adjacent to an activating group) is 1. The van der Waals surface area contributed by atoms with E-state index in [1.807, 2.05) is 49.4 Å². The maximum atomic E-state index is 12.9. The average molecular weight is 360 g/mol. The van der Waals surface area contributed by atoms with Gasteiger partial charge in [0, 0.05) is 7.05 Å². The van der Waals surface area contributed by atoms with Crippen LogP contribution in [0.4, 0.5) is 0 Å². The van der Waals surface area contributed by atoms with Crippen molar-refractivity contribution in [3.63, 3.8) is 0 Å². The molecule has 1 amide bonds. The zero-order chi connectivity index (χ0) is 18.6. The van der Waals surface area contributed by atoms with Crippen LogP contribution in [0.2, 0.25) is 0 Å². The maximum absolute atomic E-state index is 12.9. The molecule has 2 aromatic carbocycles. The Hall–Kier alpha value is -2.18. The quantitative estimate of drug-likeness (QED) is 0.830. The molecule has 0 bridgehead atoms. The molecule has 0 spiro atoms. The van der Waals surface area contributed by atoms with Crippen molar-refractivity contribution >= 4 is 15.9 Å². The third-order valence-electron chi connectivity index (χ3n) is 4.02. The van der Waals surface area contributed by atoms with E-state index in [0.29, 0.717) is 11.1 Å². The fourth-order valence-electron chi connectivity index (χ4n) is 3.05. The lowest BCUT2D eigenvalue weighted by Gasteiger charge is -2.19. The van der Waals surface area contributed by atoms with Gasteiger partial charge in [0.15, 0.2) is 0 Å². The van der Waals surface area contributed by atoms with Gasteiger partial charge in [0.25, 0.3) is 0 Å². The molecule has 0 unspecified atom stereocenters. The Morgan fingerprint density at radius 3 is 2.12 bits per heavy atom. The molecule has 2 rings (SSSR count). The van der Waals surface area contributed by atoms with Crippen LogP contribution in [-0.4, -0.2) is 27.4 Å². The fraction of sp³-hybridized carbons (Fsp3) is 0.316. The highest BCUT2D eigenvalue weighted by molar-refractivity contribution is 7.89. The molecule has 1 atom stereocenters. The van der Waals surface area contributed by atoms with Crippen molar-refractivity contribution in [2.24, 2.45) is 0 Å². The molecule has 0 aliphatic carbocycles. The van der Waals surface area contributed by atoms with Gasteiger partial charge >= 0.3 is 0 Å². The third-order valence-corrected chi connectivity index (χ3v) is 5.79. The van der Waals surface area contributed by atoms with E-state index in [9.17, 15) is 13.2 Å². The van der Waals surface area contributed by atoms with Gasteiger partial charge in [-0.1, -0.05) is 48.0 Å². The molecule has 0 radical (unpaired) electrons. The van der Waals surface area contributed by atoms with Crippen LogP contribution in [0.15, 0.2) is 47.4 Å². The smallest absolute Gasteiger partial charge is 0.241 e. The lowest BCUT2D eigenvalue weighted by atomic mass is 10.1. The molecule has 5 nitrogen and oxygen atoms in total. The number of amides is 1. The van der Waals surface area contributed by atoms with Crippen LogP contribution >= 0.6 is 0 Å². The summed E-state index contributed by atoms with van der Waals surface area (Å²) in [5.74, 6) is -0.366. The Balaban J connectivity index is 2.36.